The predicted octanol–water partition coefficient (Wildman–Crippen LogP) is 5.13. The van der Waals surface area contributed by atoms with E-state index in [1.165, 1.54) is 40.2 Å². The highest BCUT2D eigenvalue weighted by Gasteiger charge is 2.53. The lowest BCUT2D eigenvalue weighted by Crippen LogP contribution is -2.66. The van der Waals surface area contributed by atoms with Crippen LogP contribution in [0.3, 0.4) is 0 Å². The highest BCUT2D eigenvalue weighted by Crippen LogP contribution is 2.47. The molecular weight excluding hydrogens is 745 g/mol. The summed E-state index contributed by atoms with van der Waals surface area (Å²) in [6.07, 6.45) is 0.489. The van der Waals surface area contributed by atoms with E-state index in [1.54, 1.807) is 74.9 Å². The van der Waals surface area contributed by atoms with Crippen LogP contribution in [0.1, 0.15) is 18.1 Å². The number of benzene rings is 4. The van der Waals surface area contributed by atoms with E-state index in [0.717, 1.165) is 25.3 Å². The van der Waals surface area contributed by atoms with Gasteiger partial charge in [0.2, 0.25) is 17.7 Å². The number of methoxy groups -OCH3 is 4. The number of carbonyl (C=O) groups is 5. The van der Waals surface area contributed by atoms with Gasteiger partial charge in [-0.05, 0) is 84.6 Å². The second kappa shape index (κ2) is 16.8. The molecule has 0 aromatic heterocycles. The zero-order chi connectivity index (χ0) is 39.4. The number of nitrogens with one attached hydrogen (secondary N) is 1. The quantitative estimate of drug-likeness (QED) is 0.144. The first-order chi connectivity index (χ1) is 26.5. The van der Waals surface area contributed by atoms with Crippen LogP contribution in [0.15, 0.2) is 94.7 Å². The van der Waals surface area contributed by atoms with Crippen LogP contribution in [0.25, 0.3) is 0 Å². The van der Waals surface area contributed by atoms with Crippen LogP contribution < -0.4 is 30.3 Å². The first-order valence-electron chi connectivity index (χ1n) is 17.2. The van der Waals surface area contributed by atoms with Crippen molar-refractivity contribution in [1.29, 1.82) is 0 Å². The highest BCUT2D eigenvalue weighted by molar-refractivity contribution is 8.01. The number of esters is 2. The summed E-state index contributed by atoms with van der Waals surface area (Å²) in [4.78, 5) is 73.8. The van der Waals surface area contributed by atoms with Crippen molar-refractivity contribution in [1.82, 2.24) is 0 Å². The van der Waals surface area contributed by atoms with Crippen molar-refractivity contribution in [2.75, 3.05) is 49.3 Å². The number of nitrogens with two attached hydrogens (primary N) is 1. The third kappa shape index (κ3) is 8.22. The fourth-order valence-electron chi connectivity index (χ4n) is 6.64. The Morgan fingerprint density at radius 1 is 0.673 bits per heavy atom. The lowest BCUT2D eigenvalue weighted by Gasteiger charge is -2.44. The molecule has 2 heterocycles. The van der Waals surface area contributed by atoms with Crippen molar-refractivity contribution in [3.63, 3.8) is 0 Å². The number of nitrogens with zero attached hydrogens (tertiary/aromatic N) is 2. The van der Waals surface area contributed by atoms with Gasteiger partial charge in [-0.1, -0.05) is 24.3 Å². The van der Waals surface area contributed by atoms with Crippen LogP contribution in [0.2, 0.25) is 0 Å². The summed E-state index contributed by atoms with van der Waals surface area (Å²) >= 11 is 2.55. The normalized spacial score (nSPS) is 17.3. The monoisotopic (exact) mass is 784 g/mol. The summed E-state index contributed by atoms with van der Waals surface area (Å²) in [7, 11) is 5.42. The standard InChI is InChI=1S/C40H40N4O9S2/c1-22(45)42-26-11-17-30-32(21-26)55-34(19-24-8-14-28(51-3)15-9-24)38(47)44(30)36(40(49)53-5)35(39(48)52-4)43-29-16-10-25(41)20-31(29)54-33(37(43)46)18-23-6-12-27(50-2)13-7-23/h6-17,20-21,33-36H,18-19,41H2,1-5H3,(H,42,45). The maximum atomic E-state index is 14.9. The van der Waals surface area contributed by atoms with Crippen LogP contribution in [0, 0.1) is 0 Å². The van der Waals surface area contributed by atoms with Crippen molar-refractivity contribution in [2.24, 2.45) is 0 Å². The van der Waals surface area contributed by atoms with E-state index in [-0.39, 0.29) is 24.4 Å². The molecule has 4 aromatic rings. The second-order valence-electron chi connectivity index (χ2n) is 12.8. The Morgan fingerprint density at radius 3 is 1.53 bits per heavy atom. The number of hydrogen-bond donors (Lipinski definition) is 2. The van der Waals surface area contributed by atoms with Gasteiger partial charge in [0.25, 0.3) is 0 Å². The van der Waals surface area contributed by atoms with Gasteiger partial charge in [0.15, 0.2) is 12.1 Å². The Balaban J connectivity index is 1.50. The number of amides is 3. The third-order valence-corrected chi connectivity index (χ3v) is 11.7. The topological polar surface area (TPSA) is 167 Å². The average molecular weight is 785 g/mol. The van der Waals surface area contributed by atoms with Gasteiger partial charge in [-0.2, -0.15) is 0 Å². The van der Waals surface area contributed by atoms with Gasteiger partial charge in [-0.3, -0.25) is 24.2 Å². The molecule has 0 saturated heterocycles. The molecular formula is C40H40N4O9S2. The summed E-state index contributed by atoms with van der Waals surface area (Å²) in [5.74, 6) is -1.90. The summed E-state index contributed by atoms with van der Waals surface area (Å²) in [5.41, 5.74) is 9.35. The van der Waals surface area contributed by atoms with Gasteiger partial charge in [0.05, 0.1) is 50.3 Å². The van der Waals surface area contributed by atoms with Gasteiger partial charge >= 0.3 is 11.9 Å². The van der Waals surface area contributed by atoms with Crippen LogP contribution in [-0.2, 0) is 46.3 Å². The minimum absolute atomic E-state index is 0.232. The number of thioether (sulfide) groups is 2. The van der Waals surface area contributed by atoms with E-state index in [9.17, 15) is 24.0 Å². The summed E-state index contributed by atoms with van der Waals surface area (Å²) in [6, 6.07) is 20.9. The number of ether oxygens (including phenoxy) is 4. The van der Waals surface area contributed by atoms with E-state index in [2.05, 4.69) is 5.32 Å². The van der Waals surface area contributed by atoms with Gasteiger partial charge < -0.3 is 30.0 Å². The third-order valence-electron chi connectivity index (χ3n) is 9.25. The molecule has 0 fully saturated rings. The minimum Gasteiger partial charge on any atom is -0.497 e. The average Bonchev–Trinajstić information content (AvgIpc) is 3.18. The number of hydrogen-bond acceptors (Lipinski definition) is 12. The zero-order valence-electron chi connectivity index (χ0n) is 30.8. The summed E-state index contributed by atoms with van der Waals surface area (Å²) < 4.78 is 21.3. The smallest absolute Gasteiger partial charge is 0.331 e. The number of anilines is 4. The lowest BCUT2D eigenvalue weighted by molar-refractivity contribution is -0.151. The number of nitrogen functional groups attached to an aromatic ring is 1. The molecule has 0 aliphatic carbocycles. The van der Waals surface area contributed by atoms with Crippen LogP contribution in [-0.4, -0.2) is 80.7 Å². The highest BCUT2D eigenvalue weighted by atomic mass is 32.2. The van der Waals surface area contributed by atoms with E-state index >= 15 is 0 Å². The molecule has 2 aliphatic rings. The Morgan fingerprint density at radius 2 is 1.11 bits per heavy atom. The lowest BCUT2D eigenvalue weighted by atomic mass is 9.98. The maximum absolute atomic E-state index is 14.9. The van der Waals surface area contributed by atoms with Crippen LogP contribution >= 0.6 is 23.5 Å². The van der Waals surface area contributed by atoms with Gasteiger partial charge in [0, 0.05) is 28.1 Å². The molecule has 286 valence electrons. The fourth-order valence-corrected chi connectivity index (χ4v) is 9.21. The van der Waals surface area contributed by atoms with Crippen molar-refractivity contribution in [3.8, 4) is 11.5 Å². The van der Waals surface area contributed by atoms with E-state index in [4.69, 9.17) is 24.7 Å². The van der Waals surface area contributed by atoms with Crippen molar-refractivity contribution in [3.05, 3.63) is 96.1 Å². The molecule has 3 amide bonds. The molecule has 0 radical (unpaired) electrons. The molecule has 13 nitrogen and oxygen atoms in total. The molecule has 0 bridgehead atoms. The maximum Gasteiger partial charge on any atom is 0.331 e. The molecule has 2 aliphatic heterocycles. The van der Waals surface area contributed by atoms with E-state index < -0.39 is 46.3 Å². The van der Waals surface area contributed by atoms with Gasteiger partial charge in [0.1, 0.15) is 11.5 Å². The van der Waals surface area contributed by atoms with Gasteiger partial charge in [-0.15, -0.1) is 23.5 Å². The Labute approximate surface area is 326 Å². The van der Waals surface area contributed by atoms with Crippen molar-refractivity contribution >= 4 is 75.9 Å². The number of rotatable bonds is 12. The Bertz CT molecular complexity index is 2110. The Kier molecular flexibility index (Phi) is 11.9. The summed E-state index contributed by atoms with van der Waals surface area (Å²) in [6.45, 7) is 1.38. The van der Waals surface area contributed by atoms with E-state index in [1.807, 2.05) is 24.3 Å². The molecule has 6 rings (SSSR count). The molecule has 3 N–H and O–H groups in total. The molecule has 0 spiro atoms. The number of fused-ring (bicyclic) bond motifs is 2. The van der Waals surface area contributed by atoms with Crippen molar-refractivity contribution in [2.45, 2.75) is 52.1 Å². The molecule has 4 aromatic carbocycles. The molecule has 15 heteroatoms. The van der Waals surface area contributed by atoms with E-state index in [0.29, 0.717) is 38.4 Å². The predicted molar refractivity (Wildman–Crippen MR) is 211 cm³/mol. The molecule has 0 saturated carbocycles. The summed E-state index contributed by atoms with van der Waals surface area (Å²) in [5, 5.41) is 1.20. The molecule has 4 unspecified atom stereocenters. The van der Waals surface area contributed by atoms with Gasteiger partial charge in [-0.25, -0.2) is 9.59 Å². The second-order valence-corrected chi connectivity index (χ2v) is 15.2. The zero-order valence-corrected chi connectivity index (χ0v) is 32.4. The first kappa shape index (κ1) is 39.0. The van der Waals surface area contributed by atoms with Crippen molar-refractivity contribution < 1.29 is 42.9 Å². The Hall–Kier alpha value is -5.67. The minimum atomic E-state index is -1.71. The fraction of sp³-hybridized carbons (Fsp3) is 0.275. The largest absolute Gasteiger partial charge is 0.497 e. The van der Waals surface area contributed by atoms with Crippen LogP contribution in [0.5, 0.6) is 11.5 Å². The first-order valence-corrected chi connectivity index (χ1v) is 18.9. The molecule has 4 atom stereocenters. The number of carbonyl (C=O) groups excluding carboxylic acids is 5. The molecule has 55 heavy (non-hydrogen) atoms. The SMILES string of the molecule is COC(=O)C(C(C(=O)OC)N1C(=O)C(Cc2ccc(OC)cc2)Sc2cc(NC(C)=O)ccc21)N1C(=O)C(Cc2ccc(OC)cc2)Sc2cc(N)ccc21. The van der Waals surface area contributed by atoms with Crippen LogP contribution in [0.4, 0.5) is 22.7 Å².